The molecule has 4 amide bonds. The summed E-state index contributed by atoms with van der Waals surface area (Å²) in [6.07, 6.45) is 2.72. The quantitative estimate of drug-likeness (QED) is 0.482. The van der Waals surface area contributed by atoms with Gasteiger partial charge in [-0.1, -0.05) is 0 Å². The Morgan fingerprint density at radius 1 is 1.14 bits per heavy atom. The molecule has 10 heteroatoms. The van der Waals surface area contributed by atoms with E-state index in [1.807, 2.05) is 0 Å². The van der Waals surface area contributed by atoms with Crippen molar-refractivity contribution in [2.24, 2.45) is 11.8 Å². The van der Waals surface area contributed by atoms with Crippen LogP contribution < -0.4 is 5.32 Å². The molecule has 2 heterocycles. The molecule has 3 fully saturated rings. The van der Waals surface area contributed by atoms with E-state index >= 15 is 0 Å². The van der Waals surface area contributed by atoms with Crippen molar-refractivity contribution in [1.29, 1.82) is 0 Å². The molecule has 3 aliphatic rings. The van der Waals surface area contributed by atoms with E-state index in [4.69, 9.17) is 9.47 Å². The van der Waals surface area contributed by atoms with Gasteiger partial charge >= 0.3 is 18.0 Å². The van der Waals surface area contributed by atoms with E-state index in [1.165, 1.54) is 12.0 Å². The van der Waals surface area contributed by atoms with Crippen molar-refractivity contribution in [2.75, 3.05) is 33.4 Å². The van der Waals surface area contributed by atoms with Crippen molar-refractivity contribution >= 4 is 29.8 Å². The SMILES string of the molecule is COC(=O)C1CCN(C(=O)COC(=O)CN2C(=O)NC(C)(C3CC3)C2=O)CC1. The molecular formula is C18H25N3O7. The maximum absolute atomic E-state index is 12.5. The molecule has 3 rings (SSSR count). The first kappa shape index (κ1) is 20.1. The van der Waals surface area contributed by atoms with E-state index < -0.39 is 36.6 Å². The van der Waals surface area contributed by atoms with E-state index in [1.54, 1.807) is 6.92 Å². The number of likely N-dealkylation sites (tertiary alicyclic amines) is 1. The smallest absolute Gasteiger partial charge is 0.326 e. The summed E-state index contributed by atoms with van der Waals surface area (Å²) in [6, 6.07) is -0.618. The Kier molecular flexibility index (Phi) is 5.57. The lowest BCUT2D eigenvalue weighted by Crippen LogP contribution is -2.46. The van der Waals surface area contributed by atoms with Crippen molar-refractivity contribution in [3.05, 3.63) is 0 Å². The average molecular weight is 395 g/mol. The predicted molar refractivity (Wildman–Crippen MR) is 93.7 cm³/mol. The molecule has 0 aromatic heterocycles. The van der Waals surface area contributed by atoms with Crippen LogP contribution in [0.1, 0.15) is 32.6 Å². The number of imide groups is 1. The molecular weight excluding hydrogens is 370 g/mol. The van der Waals surface area contributed by atoms with E-state index in [0.717, 1.165) is 17.7 Å². The summed E-state index contributed by atoms with van der Waals surface area (Å²) in [4.78, 5) is 62.6. The second-order valence-corrected chi connectivity index (χ2v) is 7.64. The predicted octanol–water partition coefficient (Wildman–Crippen LogP) is -0.338. The zero-order chi connectivity index (χ0) is 20.5. The van der Waals surface area contributed by atoms with Crippen LogP contribution in [0, 0.1) is 11.8 Å². The topological polar surface area (TPSA) is 122 Å². The van der Waals surface area contributed by atoms with Gasteiger partial charge in [0.15, 0.2) is 6.61 Å². The van der Waals surface area contributed by atoms with Crippen molar-refractivity contribution < 1.29 is 33.4 Å². The Morgan fingerprint density at radius 2 is 1.79 bits per heavy atom. The molecule has 2 saturated heterocycles. The molecule has 1 saturated carbocycles. The van der Waals surface area contributed by atoms with Crippen LogP contribution in [0.25, 0.3) is 0 Å². The Balaban J connectivity index is 1.43. The fourth-order valence-electron chi connectivity index (χ4n) is 3.74. The van der Waals surface area contributed by atoms with Gasteiger partial charge in [-0.2, -0.15) is 0 Å². The second-order valence-electron chi connectivity index (χ2n) is 7.64. The maximum Gasteiger partial charge on any atom is 0.326 e. The van der Waals surface area contributed by atoms with Crippen molar-refractivity contribution in [1.82, 2.24) is 15.1 Å². The number of rotatable bonds is 6. The van der Waals surface area contributed by atoms with Crippen molar-refractivity contribution in [2.45, 2.75) is 38.1 Å². The van der Waals surface area contributed by atoms with Crippen LogP contribution in [-0.2, 0) is 28.7 Å². The lowest BCUT2D eigenvalue weighted by atomic mass is 9.96. The van der Waals surface area contributed by atoms with E-state index in [0.29, 0.717) is 25.9 Å². The van der Waals surface area contributed by atoms with Crippen LogP contribution >= 0.6 is 0 Å². The first-order valence-electron chi connectivity index (χ1n) is 9.41. The van der Waals surface area contributed by atoms with Crippen LogP contribution in [0.15, 0.2) is 0 Å². The molecule has 0 aromatic carbocycles. The zero-order valence-electron chi connectivity index (χ0n) is 16.1. The molecule has 1 N–H and O–H groups in total. The number of nitrogens with zero attached hydrogens (tertiary/aromatic N) is 2. The Hall–Kier alpha value is -2.65. The van der Waals surface area contributed by atoms with Crippen LogP contribution in [0.4, 0.5) is 4.79 Å². The highest BCUT2D eigenvalue weighted by molar-refractivity contribution is 6.08. The monoisotopic (exact) mass is 395 g/mol. The van der Waals surface area contributed by atoms with Gasteiger partial charge in [-0.3, -0.25) is 24.1 Å². The normalized spacial score (nSPS) is 25.5. The van der Waals surface area contributed by atoms with Gasteiger partial charge in [0.2, 0.25) is 0 Å². The number of carbonyl (C=O) groups is 5. The molecule has 1 unspecified atom stereocenters. The summed E-state index contributed by atoms with van der Waals surface area (Å²) < 4.78 is 9.66. The number of hydrogen-bond donors (Lipinski definition) is 1. The minimum Gasteiger partial charge on any atom is -0.469 e. The van der Waals surface area contributed by atoms with Crippen LogP contribution in [0.3, 0.4) is 0 Å². The first-order valence-corrected chi connectivity index (χ1v) is 9.41. The highest BCUT2D eigenvalue weighted by atomic mass is 16.5. The number of esters is 2. The number of urea groups is 1. The van der Waals surface area contributed by atoms with Gasteiger partial charge < -0.3 is 19.7 Å². The van der Waals surface area contributed by atoms with Crippen LogP contribution in [0.5, 0.6) is 0 Å². The third kappa shape index (κ3) is 3.95. The van der Waals surface area contributed by atoms with Gasteiger partial charge in [-0.25, -0.2) is 4.79 Å². The lowest BCUT2D eigenvalue weighted by Gasteiger charge is -2.30. The number of carbonyl (C=O) groups excluding carboxylic acids is 5. The Labute approximate surface area is 162 Å². The van der Waals surface area contributed by atoms with Crippen molar-refractivity contribution in [3.63, 3.8) is 0 Å². The molecule has 2 aliphatic heterocycles. The molecule has 0 bridgehead atoms. The van der Waals surface area contributed by atoms with Gasteiger partial charge in [0, 0.05) is 13.1 Å². The number of methoxy groups -OCH3 is 1. The van der Waals surface area contributed by atoms with E-state index in [-0.39, 0.29) is 23.7 Å². The third-order valence-electron chi connectivity index (χ3n) is 5.72. The highest BCUT2D eigenvalue weighted by Crippen LogP contribution is 2.42. The van der Waals surface area contributed by atoms with Gasteiger partial charge in [-0.05, 0) is 38.5 Å². The molecule has 0 aromatic rings. The van der Waals surface area contributed by atoms with Crippen LogP contribution in [0.2, 0.25) is 0 Å². The lowest BCUT2D eigenvalue weighted by molar-refractivity contribution is -0.155. The summed E-state index contributed by atoms with van der Waals surface area (Å²) in [5.74, 6) is -2.05. The summed E-state index contributed by atoms with van der Waals surface area (Å²) in [7, 11) is 1.33. The average Bonchev–Trinajstić information content (AvgIpc) is 3.51. The molecule has 0 spiro atoms. The molecule has 1 atom stereocenters. The number of nitrogens with one attached hydrogen (secondary N) is 1. The van der Waals surface area contributed by atoms with Gasteiger partial charge in [0.25, 0.3) is 11.8 Å². The number of piperidine rings is 1. The number of amides is 4. The second kappa shape index (κ2) is 7.76. The summed E-state index contributed by atoms with van der Waals surface area (Å²) in [6.45, 7) is 1.43. The Morgan fingerprint density at radius 3 is 2.36 bits per heavy atom. The minimum atomic E-state index is -0.961. The molecule has 28 heavy (non-hydrogen) atoms. The third-order valence-corrected chi connectivity index (χ3v) is 5.72. The Bertz CT molecular complexity index is 697. The van der Waals surface area contributed by atoms with E-state index in [9.17, 15) is 24.0 Å². The summed E-state index contributed by atoms with van der Waals surface area (Å²) in [5.41, 5.74) is -0.961. The zero-order valence-corrected chi connectivity index (χ0v) is 16.1. The largest absolute Gasteiger partial charge is 0.469 e. The highest BCUT2D eigenvalue weighted by Gasteiger charge is 2.56. The summed E-state index contributed by atoms with van der Waals surface area (Å²) >= 11 is 0. The number of ether oxygens (including phenoxy) is 2. The van der Waals surface area contributed by atoms with Crippen molar-refractivity contribution in [3.8, 4) is 0 Å². The molecule has 154 valence electrons. The van der Waals surface area contributed by atoms with Gasteiger partial charge in [0.05, 0.1) is 13.0 Å². The number of hydrogen-bond acceptors (Lipinski definition) is 7. The standard InChI is InChI=1S/C18H25N3O7/c1-18(12-3-4-12)16(25)21(17(26)19-18)9-14(23)28-10-13(22)20-7-5-11(6-8-20)15(24)27-2/h11-12H,3-10H2,1-2H3,(H,19,26). The van der Waals surface area contributed by atoms with Gasteiger partial charge in [0.1, 0.15) is 12.1 Å². The summed E-state index contributed by atoms with van der Waals surface area (Å²) in [5, 5.41) is 2.65. The first-order chi connectivity index (χ1) is 13.3. The minimum absolute atomic E-state index is 0.0967. The van der Waals surface area contributed by atoms with Gasteiger partial charge in [-0.15, -0.1) is 0 Å². The van der Waals surface area contributed by atoms with E-state index in [2.05, 4.69) is 5.32 Å². The van der Waals surface area contributed by atoms with Crippen LogP contribution in [-0.4, -0.2) is 78.5 Å². The fraction of sp³-hybridized carbons (Fsp3) is 0.722. The molecule has 0 radical (unpaired) electrons. The molecule has 10 nitrogen and oxygen atoms in total. The molecule has 1 aliphatic carbocycles. The fourth-order valence-corrected chi connectivity index (χ4v) is 3.74. The maximum atomic E-state index is 12.5.